The fraction of sp³-hybridized carbons (Fsp3) is 0.417. The molecule has 1 amide bonds. The number of benzene rings is 1. The number of hydrogen-bond acceptors (Lipinski definition) is 4. The van der Waals surface area contributed by atoms with Gasteiger partial charge in [0, 0.05) is 18.1 Å². The molecule has 1 heterocycles. The lowest BCUT2D eigenvalue weighted by atomic mass is 10.2. The van der Waals surface area contributed by atoms with Crippen LogP contribution in [0.1, 0.15) is 5.56 Å². The van der Waals surface area contributed by atoms with Crippen molar-refractivity contribution in [1.29, 1.82) is 0 Å². The van der Waals surface area contributed by atoms with E-state index in [1.54, 1.807) is 11.8 Å². The minimum atomic E-state index is -0.135. The molecule has 0 bridgehead atoms. The second-order valence-corrected chi connectivity index (χ2v) is 4.97. The van der Waals surface area contributed by atoms with Crippen molar-refractivity contribution >= 4 is 17.7 Å². The summed E-state index contributed by atoms with van der Waals surface area (Å²) in [6, 6.07) is 9.62. The first-order valence-electron chi connectivity index (χ1n) is 5.63. The van der Waals surface area contributed by atoms with Crippen LogP contribution in [0.2, 0.25) is 0 Å². The van der Waals surface area contributed by atoms with Crippen LogP contribution in [0, 0.1) is 0 Å². The monoisotopic (exact) mass is 252 g/mol. The summed E-state index contributed by atoms with van der Waals surface area (Å²) in [5.74, 6) is 1.78. The first kappa shape index (κ1) is 12.4. The molecule has 1 fully saturated rings. The zero-order chi connectivity index (χ0) is 11.9. The summed E-state index contributed by atoms with van der Waals surface area (Å²) in [6.07, 6.45) is 0. The van der Waals surface area contributed by atoms with Gasteiger partial charge in [-0.25, -0.2) is 5.48 Å². The van der Waals surface area contributed by atoms with E-state index < -0.39 is 0 Å². The number of carbonyl (C=O) groups excluding carboxylic acids is 1. The van der Waals surface area contributed by atoms with Gasteiger partial charge in [-0.15, -0.1) is 0 Å². The van der Waals surface area contributed by atoms with Gasteiger partial charge in [0.1, 0.15) is 0 Å². The molecule has 92 valence electrons. The average Bonchev–Trinajstić information content (AvgIpc) is 2.41. The van der Waals surface area contributed by atoms with Gasteiger partial charge in [0.2, 0.25) is 0 Å². The molecule has 1 saturated heterocycles. The van der Waals surface area contributed by atoms with Gasteiger partial charge in [0.05, 0.1) is 12.6 Å². The molecule has 0 aromatic heterocycles. The van der Waals surface area contributed by atoms with Crippen molar-refractivity contribution in [2.24, 2.45) is 0 Å². The molecule has 1 atom stereocenters. The van der Waals surface area contributed by atoms with Gasteiger partial charge in [0.15, 0.2) is 0 Å². The van der Waals surface area contributed by atoms with Crippen LogP contribution in [-0.4, -0.2) is 30.0 Å². The van der Waals surface area contributed by atoms with E-state index in [-0.39, 0.29) is 11.9 Å². The molecular formula is C12H16N2O2S. The van der Waals surface area contributed by atoms with Gasteiger partial charge in [-0.3, -0.25) is 9.63 Å². The van der Waals surface area contributed by atoms with Crippen molar-refractivity contribution in [3.63, 3.8) is 0 Å². The lowest BCUT2D eigenvalue weighted by Gasteiger charge is -2.21. The van der Waals surface area contributed by atoms with Crippen molar-refractivity contribution in [2.75, 3.05) is 18.1 Å². The summed E-state index contributed by atoms with van der Waals surface area (Å²) in [4.78, 5) is 16.9. The maximum Gasteiger partial charge on any atom is 0.261 e. The van der Waals surface area contributed by atoms with E-state index in [4.69, 9.17) is 4.84 Å². The van der Waals surface area contributed by atoms with Crippen molar-refractivity contribution in [3.8, 4) is 0 Å². The standard InChI is InChI=1S/C12H16N2O2S/c15-12(11-9-17-7-6-13-11)14-16-8-10-4-2-1-3-5-10/h1-5,11,13H,6-9H2,(H,14,15). The number of thioether (sulfide) groups is 1. The third-order valence-corrected chi connectivity index (χ3v) is 3.55. The lowest BCUT2D eigenvalue weighted by molar-refractivity contribution is -0.136. The quantitative estimate of drug-likeness (QED) is 0.783. The Balaban J connectivity index is 1.69. The molecule has 2 N–H and O–H groups in total. The third kappa shape index (κ3) is 4.03. The highest BCUT2D eigenvalue weighted by Crippen LogP contribution is 2.07. The molecular weight excluding hydrogens is 236 g/mol. The van der Waals surface area contributed by atoms with E-state index in [0.717, 1.165) is 23.6 Å². The number of amides is 1. The molecule has 2 rings (SSSR count). The Kier molecular flexibility index (Phi) is 4.85. The topological polar surface area (TPSA) is 50.4 Å². The van der Waals surface area contributed by atoms with Gasteiger partial charge in [-0.1, -0.05) is 30.3 Å². The van der Waals surface area contributed by atoms with Crippen LogP contribution in [0.4, 0.5) is 0 Å². The predicted octanol–water partition coefficient (Wildman–Crippen LogP) is 0.939. The van der Waals surface area contributed by atoms with Crippen LogP contribution in [0.25, 0.3) is 0 Å². The van der Waals surface area contributed by atoms with Gasteiger partial charge < -0.3 is 5.32 Å². The zero-order valence-electron chi connectivity index (χ0n) is 9.52. The summed E-state index contributed by atoms with van der Waals surface area (Å²) in [5.41, 5.74) is 3.53. The van der Waals surface area contributed by atoms with Gasteiger partial charge >= 0.3 is 0 Å². The highest BCUT2D eigenvalue weighted by atomic mass is 32.2. The van der Waals surface area contributed by atoms with Crippen molar-refractivity contribution < 1.29 is 9.63 Å². The molecule has 4 nitrogen and oxygen atoms in total. The maximum absolute atomic E-state index is 11.7. The Morgan fingerprint density at radius 3 is 3.00 bits per heavy atom. The minimum absolute atomic E-state index is 0.0897. The van der Waals surface area contributed by atoms with Gasteiger partial charge in [-0.05, 0) is 5.56 Å². The van der Waals surface area contributed by atoms with E-state index in [1.807, 2.05) is 30.3 Å². The lowest BCUT2D eigenvalue weighted by Crippen LogP contribution is -2.48. The van der Waals surface area contributed by atoms with Crippen LogP contribution >= 0.6 is 11.8 Å². The summed E-state index contributed by atoms with van der Waals surface area (Å²) in [7, 11) is 0. The highest BCUT2D eigenvalue weighted by Gasteiger charge is 2.20. The first-order chi connectivity index (χ1) is 8.36. The highest BCUT2D eigenvalue weighted by molar-refractivity contribution is 7.99. The fourth-order valence-corrected chi connectivity index (χ4v) is 2.50. The SMILES string of the molecule is O=C(NOCc1ccccc1)C1CSCCN1. The van der Waals surface area contributed by atoms with E-state index in [9.17, 15) is 4.79 Å². The predicted molar refractivity (Wildman–Crippen MR) is 68.5 cm³/mol. The molecule has 17 heavy (non-hydrogen) atoms. The number of nitrogens with one attached hydrogen (secondary N) is 2. The van der Waals surface area contributed by atoms with E-state index in [1.165, 1.54) is 0 Å². The largest absolute Gasteiger partial charge is 0.304 e. The second-order valence-electron chi connectivity index (χ2n) is 3.82. The van der Waals surface area contributed by atoms with Crippen molar-refractivity contribution in [1.82, 2.24) is 10.8 Å². The summed E-state index contributed by atoms with van der Waals surface area (Å²) in [6.45, 7) is 1.27. The maximum atomic E-state index is 11.7. The average molecular weight is 252 g/mol. The smallest absolute Gasteiger partial charge is 0.261 e. The Hall–Kier alpha value is -1.04. The Morgan fingerprint density at radius 1 is 1.47 bits per heavy atom. The number of hydrogen-bond donors (Lipinski definition) is 2. The molecule has 0 radical (unpaired) electrons. The summed E-state index contributed by atoms with van der Waals surface area (Å²) in [5, 5.41) is 3.15. The van der Waals surface area contributed by atoms with E-state index in [2.05, 4.69) is 10.8 Å². The molecule has 1 aromatic carbocycles. The van der Waals surface area contributed by atoms with E-state index >= 15 is 0 Å². The van der Waals surface area contributed by atoms with Crippen LogP contribution < -0.4 is 10.8 Å². The third-order valence-electron chi connectivity index (χ3n) is 2.49. The molecule has 0 saturated carbocycles. The van der Waals surface area contributed by atoms with Crippen molar-refractivity contribution in [2.45, 2.75) is 12.6 Å². The van der Waals surface area contributed by atoms with E-state index in [0.29, 0.717) is 6.61 Å². The number of carbonyl (C=O) groups is 1. The summed E-state index contributed by atoms with van der Waals surface area (Å²) < 4.78 is 0. The summed E-state index contributed by atoms with van der Waals surface area (Å²) >= 11 is 1.78. The van der Waals surface area contributed by atoms with Gasteiger partial charge in [0.25, 0.3) is 5.91 Å². The Bertz CT molecular complexity index is 353. The van der Waals surface area contributed by atoms with Crippen LogP contribution in [-0.2, 0) is 16.2 Å². The second kappa shape index (κ2) is 6.64. The van der Waals surface area contributed by atoms with Crippen molar-refractivity contribution in [3.05, 3.63) is 35.9 Å². The van der Waals surface area contributed by atoms with Gasteiger partial charge in [-0.2, -0.15) is 11.8 Å². The molecule has 0 spiro atoms. The first-order valence-corrected chi connectivity index (χ1v) is 6.78. The molecule has 5 heteroatoms. The fourth-order valence-electron chi connectivity index (χ4n) is 1.57. The Labute approximate surface area is 105 Å². The molecule has 1 aromatic rings. The Morgan fingerprint density at radius 2 is 2.29 bits per heavy atom. The van der Waals surface area contributed by atoms with Crippen LogP contribution in [0.15, 0.2) is 30.3 Å². The van der Waals surface area contributed by atoms with Crippen LogP contribution in [0.3, 0.4) is 0 Å². The molecule has 1 aliphatic rings. The number of rotatable bonds is 4. The molecule has 1 unspecified atom stereocenters. The number of hydroxylamine groups is 1. The molecule has 1 aliphatic heterocycles. The normalized spacial score (nSPS) is 19.9. The zero-order valence-corrected chi connectivity index (χ0v) is 10.3. The van der Waals surface area contributed by atoms with Crippen LogP contribution in [0.5, 0.6) is 0 Å². The molecule has 0 aliphatic carbocycles. The minimum Gasteiger partial charge on any atom is -0.304 e.